The fraction of sp³-hybridized carbons (Fsp3) is 0.444. The average Bonchev–Trinajstić information content (AvgIpc) is 3.01. The maximum Gasteiger partial charge on any atom is 0.254 e. The quantitative estimate of drug-likeness (QED) is 0.691. The van der Waals surface area contributed by atoms with Crippen molar-refractivity contribution in [1.29, 1.82) is 5.41 Å². The zero-order chi connectivity index (χ0) is 23.6. The van der Waals surface area contributed by atoms with Crippen molar-refractivity contribution in [3.63, 3.8) is 0 Å². The number of likely N-dealkylation sites (tertiary alicyclic amines) is 1. The molecular weight excluding hydrogens is 412 g/mol. The molecule has 2 aliphatic heterocycles. The molecule has 0 radical (unpaired) electrons. The number of benzene rings is 2. The Hall–Kier alpha value is -3.15. The van der Waals surface area contributed by atoms with Gasteiger partial charge in [0.15, 0.2) is 5.96 Å². The van der Waals surface area contributed by atoms with Gasteiger partial charge in [-0.3, -0.25) is 19.9 Å². The molecule has 2 amide bonds. The van der Waals surface area contributed by atoms with Crippen LogP contribution in [0.15, 0.2) is 54.6 Å². The molecule has 0 aliphatic carbocycles. The Balaban J connectivity index is 1.39. The van der Waals surface area contributed by atoms with Crippen molar-refractivity contribution in [3.8, 4) is 11.1 Å². The predicted molar refractivity (Wildman–Crippen MR) is 131 cm³/mol. The largest absolute Gasteiger partial charge is 0.342 e. The lowest BCUT2D eigenvalue weighted by Gasteiger charge is -2.34. The van der Waals surface area contributed by atoms with Crippen LogP contribution in [0.1, 0.15) is 50.4 Å². The van der Waals surface area contributed by atoms with Gasteiger partial charge in [-0.2, -0.15) is 0 Å². The Kier molecular flexibility index (Phi) is 6.54. The summed E-state index contributed by atoms with van der Waals surface area (Å²) in [6.45, 7) is 7.96. The van der Waals surface area contributed by atoms with Gasteiger partial charge >= 0.3 is 0 Å². The van der Waals surface area contributed by atoms with Gasteiger partial charge in [-0.05, 0) is 55.2 Å². The number of piperidine rings is 1. The van der Waals surface area contributed by atoms with E-state index in [0.717, 1.165) is 29.5 Å². The minimum atomic E-state index is -0.691. The van der Waals surface area contributed by atoms with Crippen LogP contribution in [0.3, 0.4) is 0 Å². The van der Waals surface area contributed by atoms with Crippen LogP contribution in [0.5, 0.6) is 0 Å². The summed E-state index contributed by atoms with van der Waals surface area (Å²) in [6, 6.07) is 17.8. The van der Waals surface area contributed by atoms with Crippen LogP contribution >= 0.6 is 0 Å². The first-order chi connectivity index (χ1) is 15.8. The number of hydrogen-bond donors (Lipinski definition) is 2. The second kappa shape index (κ2) is 9.38. The highest BCUT2D eigenvalue weighted by molar-refractivity contribution is 6.07. The molecule has 0 spiro atoms. The monoisotopic (exact) mass is 446 g/mol. The number of guanidine groups is 1. The number of rotatable bonds is 6. The molecular formula is C27H34N4O2. The van der Waals surface area contributed by atoms with Crippen molar-refractivity contribution in [2.24, 2.45) is 11.8 Å². The van der Waals surface area contributed by atoms with Crippen LogP contribution in [0, 0.1) is 17.2 Å². The third-order valence-electron chi connectivity index (χ3n) is 6.78. The average molecular weight is 447 g/mol. The van der Waals surface area contributed by atoms with Crippen molar-refractivity contribution >= 4 is 17.8 Å². The van der Waals surface area contributed by atoms with Gasteiger partial charge in [0.05, 0.1) is 0 Å². The van der Waals surface area contributed by atoms with Gasteiger partial charge in [0.2, 0.25) is 0 Å². The molecule has 0 bridgehead atoms. The highest BCUT2D eigenvalue weighted by Gasteiger charge is 2.46. The lowest BCUT2D eigenvalue weighted by atomic mass is 9.90. The van der Waals surface area contributed by atoms with E-state index in [9.17, 15) is 9.59 Å². The second-order valence-electron chi connectivity index (χ2n) is 9.97. The van der Waals surface area contributed by atoms with E-state index in [1.165, 1.54) is 0 Å². The Morgan fingerprint density at radius 2 is 1.73 bits per heavy atom. The summed E-state index contributed by atoms with van der Waals surface area (Å²) in [6.07, 6.45) is 2.37. The maximum atomic E-state index is 13.4. The zero-order valence-electron chi connectivity index (χ0n) is 19.8. The smallest absolute Gasteiger partial charge is 0.254 e. The van der Waals surface area contributed by atoms with Gasteiger partial charge in [0.25, 0.3) is 11.8 Å². The molecule has 6 nitrogen and oxygen atoms in total. The van der Waals surface area contributed by atoms with Crippen LogP contribution < -0.4 is 5.32 Å². The minimum absolute atomic E-state index is 0.00325. The van der Waals surface area contributed by atoms with E-state index in [0.29, 0.717) is 32.0 Å². The number of nitrogens with zero attached hydrogens (tertiary/aromatic N) is 2. The fourth-order valence-electron chi connectivity index (χ4n) is 5.20. The van der Waals surface area contributed by atoms with Crippen LogP contribution in [-0.2, 0) is 4.79 Å². The van der Waals surface area contributed by atoms with Crippen molar-refractivity contribution in [2.45, 2.75) is 45.6 Å². The first kappa shape index (κ1) is 23.0. The van der Waals surface area contributed by atoms with Crippen LogP contribution in [-0.4, -0.2) is 52.7 Å². The summed E-state index contributed by atoms with van der Waals surface area (Å²) < 4.78 is 0. The van der Waals surface area contributed by atoms with Crippen molar-refractivity contribution in [3.05, 3.63) is 60.2 Å². The molecule has 174 valence electrons. The first-order valence-electron chi connectivity index (χ1n) is 11.9. The number of nitrogens with one attached hydrogen (secondary N) is 2. The molecule has 2 aliphatic rings. The Bertz CT molecular complexity index is 1030. The Morgan fingerprint density at radius 1 is 1.09 bits per heavy atom. The first-order valence-corrected chi connectivity index (χ1v) is 11.9. The maximum absolute atomic E-state index is 13.4. The molecule has 6 heteroatoms. The molecule has 2 aromatic carbocycles. The molecule has 2 heterocycles. The van der Waals surface area contributed by atoms with Gasteiger partial charge in [-0.1, -0.05) is 62.4 Å². The Labute approximate surface area is 196 Å². The van der Waals surface area contributed by atoms with Crippen molar-refractivity contribution in [1.82, 2.24) is 15.1 Å². The molecule has 0 saturated carbocycles. The van der Waals surface area contributed by atoms with E-state index in [2.05, 4.69) is 19.2 Å². The summed E-state index contributed by atoms with van der Waals surface area (Å²) in [5, 5.41) is 11.4. The van der Waals surface area contributed by atoms with Crippen molar-refractivity contribution in [2.75, 3.05) is 19.6 Å². The molecule has 33 heavy (non-hydrogen) atoms. The molecule has 1 atom stereocenters. The van der Waals surface area contributed by atoms with Gasteiger partial charge in [-0.25, -0.2) is 0 Å². The summed E-state index contributed by atoms with van der Waals surface area (Å²) >= 11 is 0. The van der Waals surface area contributed by atoms with Gasteiger partial charge in [0, 0.05) is 25.2 Å². The highest BCUT2D eigenvalue weighted by Crippen LogP contribution is 2.29. The van der Waals surface area contributed by atoms with E-state index >= 15 is 0 Å². The molecule has 2 aromatic rings. The fourth-order valence-corrected chi connectivity index (χ4v) is 5.20. The lowest BCUT2D eigenvalue weighted by molar-refractivity contribution is -0.131. The third-order valence-corrected chi connectivity index (χ3v) is 6.78. The second-order valence-corrected chi connectivity index (χ2v) is 9.97. The molecule has 2 fully saturated rings. The number of carbonyl (C=O) groups excluding carboxylic acids is 2. The Morgan fingerprint density at radius 3 is 2.39 bits per heavy atom. The molecule has 4 rings (SSSR count). The summed E-state index contributed by atoms with van der Waals surface area (Å²) in [5.41, 5.74) is 2.03. The highest BCUT2D eigenvalue weighted by atomic mass is 16.2. The number of carbonyl (C=O) groups is 2. The van der Waals surface area contributed by atoms with Gasteiger partial charge in [-0.15, -0.1) is 0 Å². The molecule has 2 N–H and O–H groups in total. The summed E-state index contributed by atoms with van der Waals surface area (Å²) in [4.78, 5) is 29.9. The third kappa shape index (κ3) is 4.80. The SMILES string of the molecule is CC(C)CC1(C)NC(=N)N(CC2CCN(C(=O)c3ccccc3-c3ccccc3)CC2)C1=O. The molecule has 0 aromatic heterocycles. The van der Waals surface area contributed by atoms with Gasteiger partial charge < -0.3 is 10.2 Å². The number of hydrogen-bond acceptors (Lipinski definition) is 3. The van der Waals surface area contributed by atoms with E-state index in [-0.39, 0.29) is 23.7 Å². The van der Waals surface area contributed by atoms with Crippen LogP contribution in [0.2, 0.25) is 0 Å². The zero-order valence-corrected chi connectivity index (χ0v) is 19.8. The number of amides is 2. The molecule has 1 unspecified atom stereocenters. The van der Waals surface area contributed by atoms with Crippen LogP contribution in [0.4, 0.5) is 0 Å². The van der Waals surface area contributed by atoms with E-state index in [4.69, 9.17) is 5.41 Å². The standard InChI is InChI=1S/C27H34N4O2/c1-19(2)17-27(3)25(33)31(26(28)29-27)18-20-13-15-30(16-14-20)24(32)23-12-8-7-11-22(23)21-9-5-4-6-10-21/h4-12,19-20H,13-18H2,1-3H3,(H2,28,29). The van der Waals surface area contributed by atoms with E-state index in [1.807, 2.05) is 66.4 Å². The summed E-state index contributed by atoms with van der Waals surface area (Å²) in [5.74, 6) is 0.914. The van der Waals surface area contributed by atoms with E-state index in [1.54, 1.807) is 4.90 Å². The van der Waals surface area contributed by atoms with Gasteiger partial charge in [0.1, 0.15) is 5.54 Å². The predicted octanol–water partition coefficient (Wildman–Crippen LogP) is 4.38. The topological polar surface area (TPSA) is 76.5 Å². The summed E-state index contributed by atoms with van der Waals surface area (Å²) in [7, 11) is 0. The minimum Gasteiger partial charge on any atom is -0.342 e. The van der Waals surface area contributed by atoms with Crippen molar-refractivity contribution < 1.29 is 9.59 Å². The van der Waals surface area contributed by atoms with Crippen LogP contribution in [0.25, 0.3) is 11.1 Å². The lowest BCUT2D eigenvalue weighted by Crippen LogP contribution is -2.46. The molecule has 2 saturated heterocycles. The van der Waals surface area contributed by atoms with E-state index < -0.39 is 5.54 Å². The normalized spacial score (nSPS) is 21.6.